The van der Waals surface area contributed by atoms with Gasteiger partial charge in [0.2, 0.25) is 0 Å². The van der Waals surface area contributed by atoms with Crippen LogP contribution >= 0.6 is 0 Å². The van der Waals surface area contributed by atoms with Crippen molar-refractivity contribution >= 4 is 38.1 Å². The summed E-state index contributed by atoms with van der Waals surface area (Å²) in [6.45, 7) is 0. The van der Waals surface area contributed by atoms with E-state index in [4.69, 9.17) is 0 Å². The highest BCUT2D eigenvalue weighted by Crippen LogP contribution is 2.38. The molecule has 3 aromatic carbocycles. The van der Waals surface area contributed by atoms with Crippen LogP contribution < -0.4 is 0 Å². The molecular formula is C19H10N2. The highest BCUT2D eigenvalue weighted by Gasteiger charge is 2.16. The molecule has 0 saturated heterocycles. The van der Waals surface area contributed by atoms with Gasteiger partial charge in [-0.1, -0.05) is 42.5 Å². The molecule has 0 fully saturated rings. The molecule has 0 unspecified atom stereocenters. The number of nitriles is 1. The van der Waals surface area contributed by atoms with Crippen molar-refractivity contribution < 1.29 is 0 Å². The Bertz CT molecular complexity index is 1190. The van der Waals surface area contributed by atoms with Gasteiger partial charge in [0.05, 0.1) is 28.2 Å². The van der Waals surface area contributed by atoms with Crippen LogP contribution in [0.2, 0.25) is 0 Å². The average molecular weight is 266 g/mol. The summed E-state index contributed by atoms with van der Waals surface area (Å²) in [7, 11) is 0. The smallest absolute Gasteiger partial charge is 0.0992 e. The van der Waals surface area contributed by atoms with Crippen molar-refractivity contribution in [3.05, 3.63) is 66.2 Å². The zero-order chi connectivity index (χ0) is 14.0. The minimum Gasteiger partial charge on any atom is -0.308 e. The van der Waals surface area contributed by atoms with E-state index >= 15 is 0 Å². The van der Waals surface area contributed by atoms with Gasteiger partial charge in [0, 0.05) is 21.5 Å². The Kier molecular flexibility index (Phi) is 1.80. The van der Waals surface area contributed by atoms with Gasteiger partial charge >= 0.3 is 0 Å². The quantitative estimate of drug-likeness (QED) is 0.399. The molecule has 2 nitrogen and oxygen atoms in total. The van der Waals surface area contributed by atoms with Crippen molar-refractivity contribution in [1.82, 2.24) is 4.40 Å². The van der Waals surface area contributed by atoms with Crippen LogP contribution in [0.1, 0.15) is 5.56 Å². The summed E-state index contributed by atoms with van der Waals surface area (Å²) < 4.78 is 2.29. The Morgan fingerprint density at radius 1 is 0.714 bits per heavy atom. The third-order valence-corrected chi connectivity index (χ3v) is 4.35. The molecule has 0 atom stereocenters. The zero-order valence-electron chi connectivity index (χ0n) is 11.2. The summed E-state index contributed by atoms with van der Waals surface area (Å²) >= 11 is 0. The Morgan fingerprint density at radius 3 is 2.24 bits per heavy atom. The molecule has 0 aliphatic carbocycles. The fourth-order valence-corrected chi connectivity index (χ4v) is 3.50. The molecule has 2 aromatic heterocycles. The largest absolute Gasteiger partial charge is 0.308 e. The first kappa shape index (κ1) is 10.7. The van der Waals surface area contributed by atoms with Crippen molar-refractivity contribution in [3.63, 3.8) is 0 Å². The lowest BCUT2D eigenvalue weighted by Gasteiger charge is -1.97. The Morgan fingerprint density at radius 2 is 1.43 bits per heavy atom. The normalized spacial score (nSPS) is 11.8. The fourth-order valence-electron chi connectivity index (χ4n) is 3.50. The molecule has 2 heteroatoms. The maximum atomic E-state index is 9.18. The van der Waals surface area contributed by atoms with Crippen LogP contribution in [0.25, 0.3) is 38.1 Å². The SMILES string of the molecule is N#Cc1ccc2c3cccc4c5ccccc5n(c2c1)c43. The van der Waals surface area contributed by atoms with Gasteiger partial charge in [-0.3, -0.25) is 0 Å². The van der Waals surface area contributed by atoms with Crippen LogP contribution in [0.15, 0.2) is 60.7 Å². The molecule has 2 heterocycles. The lowest BCUT2D eigenvalue weighted by Crippen LogP contribution is -1.81. The van der Waals surface area contributed by atoms with Crippen LogP contribution in [0.4, 0.5) is 0 Å². The number of aromatic nitrogens is 1. The number of fused-ring (bicyclic) bond motifs is 6. The third-order valence-electron chi connectivity index (χ3n) is 4.35. The first-order valence-electron chi connectivity index (χ1n) is 6.95. The van der Waals surface area contributed by atoms with E-state index in [1.807, 2.05) is 12.1 Å². The summed E-state index contributed by atoms with van der Waals surface area (Å²) in [5.41, 5.74) is 4.27. The van der Waals surface area contributed by atoms with E-state index in [9.17, 15) is 5.26 Å². The first-order valence-corrected chi connectivity index (χ1v) is 6.95. The summed E-state index contributed by atoms with van der Waals surface area (Å²) in [6, 6.07) is 23.1. The molecule has 21 heavy (non-hydrogen) atoms. The second kappa shape index (κ2) is 3.53. The van der Waals surface area contributed by atoms with Gasteiger partial charge in [0.1, 0.15) is 0 Å². The van der Waals surface area contributed by atoms with E-state index in [1.165, 1.54) is 32.6 Å². The standard InChI is InChI=1S/C19H10N2/c20-11-12-8-9-14-16-6-3-5-15-13-4-1-2-7-17(13)21(19(15)16)18(14)10-12/h1-10H. The van der Waals surface area contributed by atoms with E-state index < -0.39 is 0 Å². The molecular weight excluding hydrogens is 256 g/mol. The summed E-state index contributed by atoms with van der Waals surface area (Å²) in [4.78, 5) is 0. The molecule has 96 valence electrons. The molecule has 0 aliphatic rings. The van der Waals surface area contributed by atoms with Gasteiger partial charge in [0.15, 0.2) is 0 Å². The van der Waals surface area contributed by atoms with Crippen LogP contribution in [0, 0.1) is 11.3 Å². The predicted molar refractivity (Wildman–Crippen MR) is 85.8 cm³/mol. The number of hydrogen-bond donors (Lipinski definition) is 0. The zero-order valence-corrected chi connectivity index (χ0v) is 11.2. The molecule has 0 radical (unpaired) electrons. The molecule has 0 aliphatic heterocycles. The average Bonchev–Trinajstić information content (AvgIpc) is 3.06. The molecule has 0 N–H and O–H groups in total. The van der Waals surface area contributed by atoms with Gasteiger partial charge in [-0.2, -0.15) is 5.26 Å². The summed E-state index contributed by atoms with van der Waals surface area (Å²) in [5, 5.41) is 14.2. The fraction of sp³-hybridized carbons (Fsp3) is 0. The number of para-hydroxylation sites is 2. The minimum atomic E-state index is 0.701. The minimum absolute atomic E-state index is 0.701. The Hall–Kier alpha value is -3.05. The van der Waals surface area contributed by atoms with E-state index in [0.717, 1.165) is 5.52 Å². The second-order valence-corrected chi connectivity index (χ2v) is 5.40. The van der Waals surface area contributed by atoms with Crippen molar-refractivity contribution in [3.8, 4) is 6.07 Å². The maximum Gasteiger partial charge on any atom is 0.0992 e. The highest BCUT2D eigenvalue weighted by molar-refractivity contribution is 6.23. The second-order valence-electron chi connectivity index (χ2n) is 5.40. The molecule has 0 spiro atoms. The molecule has 0 saturated carbocycles. The van der Waals surface area contributed by atoms with Crippen LogP contribution in [0.5, 0.6) is 0 Å². The van der Waals surface area contributed by atoms with Crippen molar-refractivity contribution in [2.24, 2.45) is 0 Å². The lowest BCUT2D eigenvalue weighted by molar-refractivity contribution is 1.36. The van der Waals surface area contributed by atoms with Crippen LogP contribution in [0.3, 0.4) is 0 Å². The summed E-state index contributed by atoms with van der Waals surface area (Å²) in [6.07, 6.45) is 0. The van der Waals surface area contributed by atoms with Gasteiger partial charge in [-0.25, -0.2) is 0 Å². The highest BCUT2D eigenvalue weighted by atomic mass is 14.9. The van der Waals surface area contributed by atoms with Crippen molar-refractivity contribution in [2.75, 3.05) is 0 Å². The maximum absolute atomic E-state index is 9.18. The Balaban J connectivity index is 2.23. The van der Waals surface area contributed by atoms with Gasteiger partial charge in [0.25, 0.3) is 0 Å². The summed E-state index contributed by atoms with van der Waals surface area (Å²) in [5.74, 6) is 0. The van der Waals surface area contributed by atoms with E-state index in [0.29, 0.717) is 5.56 Å². The van der Waals surface area contributed by atoms with Crippen LogP contribution in [-0.2, 0) is 0 Å². The van der Waals surface area contributed by atoms with E-state index in [-0.39, 0.29) is 0 Å². The Labute approximate surface area is 120 Å². The number of benzene rings is 3. The van der Waals surface area contributed by atoms with Gasteiger partial charge in [-0.15, -0.1) is 0 Å². The monoisotopic (exact) mass is 266 g/mol. The molecule has 5 aromatic rings. The number of nitrogens with zero attached hydrogens (tertiary/aromatic N) is 2. The predicted octanol–water partition coefficient (Wildman–Crippen LogP) is 4.71. The molecule has 0 bridgehead atoms. The van der Waals surface area contributed by atoms with Gasteiger partial charge < -0.3 is 4.40 Å². The lowest BCUT2D eigenvalue weighted by atomic mass is 10.1. The third kappa shape index (κ3) is 1.17. The topological polar surface area (TPSA) is 28.2 Å². The van der Waals surface area contributed by atoms with Crippen molar-refractivity contribution in [1.29, 1.82) is 5.26 Å². The molecule has 5 rings (SSSR count). The van der Waals surface area contributed by atoms with Gasteiger partial charge in [-0.05, 0) is 18.2 Å². The molecule has 0 amide bonds. The van der Waals surface area contributed by atoms with Crippen LogP contribution in [-0.4, -0.2) is 4.40 Å². The number of hydrogen-bond acceptors (Lipinski definition) is 1. The number of rotatable bonds is 0. The van der Waals surface area contributed by atoms with E-state index in [1.54, 1.807) is 0 Å². The first-order chi connectivity index (χ1) is 10.4. The van der Waals surface area contributed by atoms with E-state index in [2.05, 4.69) is 59.0 Å². The van der Waals surface area contributed by atoms with Crippen molar-refractivity contribution in [2.45, 2.75) is 0 Å².